The zero-order valence-electron chi connectivity index (χ0n) is 12.3. The van der Waals surface area contributed by atoms with Crippen molar-refractivity contribution in [3.05, 3.63) is 40.4 Å². The molecule has 1 aromatic carbocycles. The second kappa shape index (κ2) is 8.05. The number of hydrogen-bond donors (Lipinski definition) is 2. The first kappa shape index (κ1) is 17.4. The molecule has 2 rings (SSSR count). The zero-order chi connectivity index (χ0) is 16.8. The van der Waals surface area contributed by atoms with Gasteiger partial charge < -0.3 is 15.2 Å². The van der Waals surface area contributed by atoms with E-state index in [9.17, 15) is 9.59 Å². The number of amides is 1. The minimum absolute atomic E-state index is 0.00551. The number of carbonyl (C=O) groups is 2. The number of nitrogens with one attached hydrogen (secondary N) is 1. The smallest absolute Gasteiger partial charge is 0.328 e. The van der Waals surface area contributed by atoms with E-state index in [-0.39, 0.29) is 13.0 Å². The normalized spacial score (nSPS) is 11.9. The minimum atomic E-state index is -1.14. The topological polar surface area (TPSA) is 88.5 Å². The van der Waals surface area contributed by atoms with E-state index >= 15 is 0 Å². The van der Waals surface area contributed by atoms with E-state index in [0.717, 1.165) is 5.56 Å². The molecule has 1 amide bonds. The lowest BCUT2D eigenvalue weighted by molar-refractivity contribution is -0.143. The largest absolute Gasteiger partial charge is 0.480 e. The summed E-state index contributed by atoms with van der Waals surface area (Å²) in [6.45, 7) is -0.0942. The van der Waals surface area contributed by atoms with Gasteiger partial charge in [-0.2, -0.15) is 0 Å². The Balaban J connectivity index is 2.03. The van der Waals surface area contributed by atoms with E-state index in [4.69, 9.17) is 21.4 Å². The number of nitrogens with zero attached hydrogens (tertiary/aromatic N) is 1. The Labute approximate surface area is 142 Å². The third kappa shape index (κ3) is 4.75. The molecule has 1 heterocycles. The number of carboxylic acids is 1. The van der Waals surface area contributed by atoms with Gasteiger partial charge >= 0.3 is 5.97 Å². The molecular weight excluding hydrogens is 340 g/mol. The standard InChI is InChI=1S/C15H15ClN2O4S/c1-22-7-12(15(20)21)18-13(19)6-9-8-23-14(17-9)10-4-2-3-5-11(10)16/h2-5,8,12H,6-7H2,1H3,(H,18,19)(H,20,21). The summed E-state index contributed by atoms with van der Waals surface area (Å²) < 4.78 is 4.77. The Hall–Kier alpha value is -1.96. The molecule has 8 heteroatoms. The van der Waals surface area contributed by atoms with Crippen LogP contribution in [0.15, 0.2) is 29.6 Å². The Bertz CT molecular complexity index is 704. The second-order valence-electron chi connectivity index (χ2n) is 4.71. The van der Waals surface area contributed by atoms with Gasteiger partial charge in [0.05, 0.1) is 23.7 Å². The number of methoxy groups -OCH3 is 1. The van der Waals surface area contributed by atoms with Gasteiger partial charge in [-0.15, -0.1) is 11.3 Å². The molecule has 0 spiro atoms. The molecule has 0 fully saturated rings. The second-order valence-corrected chi connectivity index (χ2v) is 5.98. The van der Waals surface area contributed by atoms with Crippen molar-refractivity contribution < 1.29 is 19.4 Å². The molecule has 0 bridgehead atoms. The fraction of sp³-hybridized carbons (Fsp3) is 0.267. The van der Waals surface area contributed by atoms with Crippen LogP contribution in [0.25, 0.3) is 10.6 Å². The predicted octanol–water partition coefficient (Wildman–Crippen LogP) is 2.22. The lowest BCUT2D eigenvalue weighted by Gasteiger charge is -2.12. The predicted molar refractivity (Wildman–Crippen MR) is 87.7 cm³/mol. The third-order valence-corrected chi connectivity index (χ3v) is 4.22. The molecule has 23 heavy (non-hydrogen) atoms. The highest BCUT2D eigenvalue weighted by Gasteiger charge is 2.20. The number of aliphatic carboxylic acids is 1. The summed E-state index contributed by atoms with van der Waals surface area (Å²) in [6, 6.07) is 6.23. The number of aromatic nitrogens is 1. The average Bonchev–Trinajstić information content (AvgIpc) is 2.95. The average molecular weight is 355 g/mol. The zero-order valence-corrected chi connectivity index (χ0v) is 13.9. The van der Waals surface area contributed by atoms with Gasteiger partial charge in [-0.05, 0) is 6.07 Å². The number of carbonyl (C=O) groups excluding carboxylic acids is 1. The third-order valence-electron chi connectivity index (χ3n) is 2.96. The summed E-state index contributed by atoms with van der Waals surface area (Å²) in [5.74, 6) is -1.57. The van der Waals surface area contributed by atoms with Crippen molar-refractivity contribution in [2.75, 3.05) is 13.7 Å². The maximum Gasteiger partial charge on any atom is 0.328 e. The van der Waals surface area contributed by atoms with Gasteiger partial charge in [0.1, 0.15) is 5.01 Å². The molecule has 0 aliphatic carbocycles. The quantitative estimate of drug-likeness (QED) is 0.796. The highest BCUT2D eigenvalue weighted by Crippen LogP contribution is 2.30. The van der Waals surface area contributed by atoms with Gasteiger partial charge in [0.15, 0.2) is 6.04 Å². The number of rotatable bonds is 7. The van der Waals surface area contributed by atoms with Crippen LogP contribution < -0.4 is 5.32 Å². The van der Waals surface area contributed by atoms with Crippen LogP contribution in [0, 0.1) is 0 Å². The maximum absolute atomic E-state index is 11.9. The van der Waals surface area contributed by atoms with Gasteiger partial charge in [-0.3, -0.25) is 4.79 Å². The van der Waals surface area contributed by atoms with E-state index < -0.39 is 17.9 Å². The van der Waals surface area contributed by atoms with Crippen molar-refractivity contribution in [2.24, 2.45) is 0 Å². The van der Waals surface area contributed by atoms with Crippen LogP contribution in [0.2, 0.25) is 5.02 Å². The molecule has 1 aromatic heterocycles. The number of thiazole rings is 1. The Morgan fingerprint density at radius 2 is 2.17 bits per heavy atom. The summed E-state index contributed by atoms with van der Waals surface area (Å²) in [5, 5.41) is 14.4. The van der Waals surface area contributed by atoms with E-state index in [1.807, 2.05) is 18.2 Å². The van der Waals surface area contributed by atoms with E-state index in [1.54, 1.807) is 11.4 Å². The van der Waals surface area contributed by atoms with Gasteiger partial charge in [-0.1, -0.05) is 29.8 Å². The van der Waals surface area contributed by atoms with Crippen LogP contribution in [0.1, 0.15) is 5.69 Å². The summed E-state index contributed by atoms with van der Waals surface area (Å²) in [5.41, 5.74) is 1.36. The van der Waals surface area contributed by atoms with Gasteiger partial charge in [0.25, 0.3) is 0 Å². The van der Waals surface area contributed by atoms with Crippen molar-refractivity contribution in [1.29, 1.82) is 0 Å². The SMILES string of the molecule is COCC(NC(=O)Cc1csc(-c2ccccc2Cl)n1)C(=O)O. The fourth-order valence-corrected chi connectivity index (χ4v) is 3.04. The maximum atomic E-state index is 11.9. The van der Waals surface area contributed by atoms with Crippen LogP contribution in [0.5, 0.6) is 0 Å². The molecule has 0 saturated heterocycles. The number of ether oxygens (including phenoxy) is 1. The van der Waals surface area contributed by atoms with Gasteiger partial charge in [0, 0.05) is 18.1 Å². The number of halogens is 1. The van der Waals surface area contributed by atoms with E-state index in [2.05, 4.69) is 10.3 Å². The lowest BCUT2D eigenvalue weighted by atomic mass is 10.2. The molecule has 0 saturated carbocycles. The highest BCUT2D eigenvalue weighted by atomic mass is 35.5. The van der Waals surface area contributed by atoms with Gasteiger partial charge in [0.2, 0.25) is 5.91 Å². The monoisotopic (exact) mass is 354 g/mol. The molecule has 0 aliphatic heterocycles. The fourth-order valence-electron chi connectivity index (χ4n) is 1.90. The first-order chi connectivity index (χ1) is 11.0. The molecule has 0 radical (unpaired) electrons. The Kier molecular flexibility index (Phi) is 6.09. The first-order valence-electron chi connectivity index (χ1n) is 6.71. The molecule has 2 aromatic rings. The van der Waals surface area contributed by atoms with Crippen LogP contribution in [-0.2, 0) is 20.7 Å². The summed E-state index contributed by atoms with van der Waals surface area (Å²) in [7, 11) is 1.37. The van der Waals surface area contributed by atoms with Crippen LogP contribution in [0.4, 0.5) is 0 Å². The van der Waals surface area contributed by atoms with Crippen LogP contribution in [-0.4, -0.2) is 41.7 Å². The van der Waals surface area contributed by atoms with Crippen LogP contribution >= 0.6 is 22.9 Å². The van der Waals surface area contributed by atoms with E-state index in [0.29, 0.717) is 15.7 Å². The first-order valence-corrected chi connectivity index (χ1v) is 7.97. The molecular formula is C15H15ClN2O4S. The highest BCUT2D eigenvalue weighted by molar-refractivity contribution is 7.13. The molecule has 6 nitrogen and oxygen atoms in total. The Morgan fingerprint density at radius 1 is 1.43 bits per heavy atom. The van der Waals surface area contributed by atoms with Crippen molar-refractivity contribution in [3.8, 4) is 10.6 Å². The summed E-state index contributed by atoms with van der Waals surface area (Å²) in [6.07, 6.45) is -0.00551. The molecule has 2 N–H and O–H groups in total. The van der Waals surface area contributed by atoms with Crippen molar-refractivity contribution >= 4 is 34.8 Å². The summed E-state index contributed by atoms with van der Waals surface area (Å²) in [4.78, 5) is 27.3. The lowest BCUT2D eigenvalue weighted by Crippen LogP contribution is -2.44. The number of carboxylic acid groups (broad SMARTS) is 1. The van der Waals surface area contributed by atoms with Crippen molar-refractivity contribution in [2.45, 2.75) is 12.5 Å². The molecule has 1 unspecified atom stereocenters. The molecule has 122 valence electrons. The Morgan fingerprint density at radius 3 is 2.83 bits per heavy atom. The minimum Gasteiger partial charge on any atom is -0.480 e. The van der Waals surface area contributed by atoms with Crippen molar-refractivity contribution in [1.82, 2.24) is 10.3 Å². The number of benzene rings is 1. The van der Waals surface area contributed by atoms with Crippen molar-refractivity contribution in [3.63, 3.8) is 0 Å². The van der Waals surface area contributed by atoms with Crippen LogP contribution in [0.3, 0.4) is 0 Å². The number of hydrogen-bond acceptors (Lipinski definition) is 5. The van der Waals surface area contributed by atoms with Gasteiger partial charge in [-0.25, -0.2) is 9.78 Å². The molecule has 1 atom stereocenters. The molecule has 0 aliphatic rings. The van der Waals surface area contributed by atoms with E-state index in [1.165, 1.54) is 18.4 Å². The summed E-state index contributed by atoms with van der Waals surface area (Å²) >= 11 is 7.50.